The van der Waals surface area contributed by atoms with Crippen LogP contribution in [0.5, 0.6) is 0 Å². The first kappa shape index (κ1) is 30.2. The maximum atomic E-state index is 14.0. The molecular formula is C30H36ClN3O4S. The van der Waals surface area contributed by atoms with E-state index in [2.05, 4.69) is 5.32 Å². The molecule has 1 atom stereocenters. The van der Waals surface area contributed by atoms with Gasteiger partial charge in [-0.15, -0.1) is 0 Å². The molecule has 0 saturated heterocycles. The van der Waals surface area contributed by atoms with Crippen LogP contribution in [0, 0.1) is 0 Å². The second-order valence-electron chi connectivity index (χ2n) is 9.81. The molecule has 2 amide bonds. The fraction of sp³-hybridized carbons (Fsp3) is 0.333. The summed E-state index contributed by atoms with van der Waals surface area (Å²) in [6.45, 7) is 5.38. The highest BCUT2D eigenvalue weighted by Crippen LogP contribution is 2.22. The molecule has 0 aliphatic rings. The molecule has 9 heteroatoms. The van der Waals surface area contributed by atoms with E-state index < -0.39 is 28.5 Å². The molecule has 0 spiro atoms. The summed E-state index contributed by atoms with van der Waals surface area (Å²) >= 11 is 6.08. The monoisotopic (exact) mass is 569 g/mol. The van der Waals surface area contributed by atoms with E-state index in [1.165, 1.54) is 4.90 Å². The number of carbonyl (C=O) groups is 2. The molecular weight excluding hydrogens is 534 g/mol. The quantitative estimate of drug-likeness (QED) is 0.338. The Hall–Kier alpha value is -3.36. The van der Waals surface area contributed by atoms with Crippen molar-refractivity contribution in [3.05, 3.63) is 101 Å². The molecule has 0 bridgehead atoms. The molecule has 3 aromatic carbocycles. The molecule has 0 fully saturated rings. The lowest BCUT2D eigenvalue weighted by atomic mass is 10.0. The molecule has 0 radical (unpaired) electrons. The maximum absolute atomic E-state index is 14.0. The van der Waals surface area contributed by atoms with Gasteiger partial charge in [0.2, 0.25) is 21.8 Å². The minimum absolute atomic E-state index is 0.103. The van der Waals surface area contributed by atoms with Gasteiger partial charge >= 0.3 is 0 Å². The van der Waals surface area contributed by atoms with E-state index in [4.69, 9.17) is 11.6 Å². The number of sulfonamides is 1. The topological polar surface area (TPSA) is 86.8 Å². The van der Waals surface area contributed by atoms with Gasteiger partial charge in [-0.1, -0.05) is 73.1 Å². The fourth-order valence-electron chi connectivity index (χ4n) is 4.23. The Labute approximate surface area is 236 Å². The highest BCUT2D eigenvalue weighted by Gasteiger charge is 2.33. The van der Waals surface area contributed by atoms with Crippen molar-refractivity contribution in [1.29, 1.82) is 0 Å². The summed E-state index contributed by atoms with van der Waals surface area (Å²) in [6.07, 6.45) is 2.15. The van der Waals surface area contributed by atoms with E-state index in [9.17, 15) is 18.0 Å². The number of carbonyl (C=O) groups excluding carboxylic acids is 2. The second kappa shape index (κ2) is 13.6. The van der Waals surface area contributed by atoms with Gasteiger partial charge in [0.25, 0.3) is 0 Å². The predicted molar refractivity (Wildman–Crippen MR) is 157 cm³/mol. The normalized spacial score (nSPS) is 12.2. The highest BCUT2D eigenvalue weighted by atomic mass is 35.5. The predicted octanol–water partition coefficient (Wildman–Crippen LogP) is 4.83. The lowest BCUT2D eigenvalue weighted by Gasteiger charge is -2.34. The molecule has 208 valence electrons. The lowest BCUT2D eigenvalue weighted by Crippen LogP contribution is -2.54. The Morgan fingerprint density at radius 1 is 0.872 bits per heavy atom. The first-order chi connectivity index (χ1) is 18.5. The fourth-order valence-corrected chi connectivity index (χ4v) is 5.21. The molecule has 0 unspecified atom stereocenters. The minimum atomic E-state index is -3.80. The van der Waals surface area contributed by atoms with E-state index in [1.54, 1.807) is 36.4 Å². The van der Waals surface area contributed by atoms with Gasteiger partial charge in [0.1, 0.15) is 12.6 Å². The third-order valence-corrected chi connectivity index (χ3v) is 7.67. The van der Waals surface area contributed by atoms with Gasteiger partial charge in [0.05, 0.1) is 11.9 Å². The van der Waals surface area contributed by atoms with Crippen LogP contribution in [-0.2, 0) is 39.0 Å². The first-order valence-corrected chi connectivity index (χ1v) is 15.2. The summed E-state index contributed by atoms with van der Waals surface area (Å²) in [6, 6.07) is 22.5. The van der Waals surface area contributed by atoms with E-state index in [0.717, 1.165) is 33.7 Å². The van der Waals surface area contributed by atoms with E-state index in [1.807, 2.05) is 63.2 Å². The molecule has 0 saturated carbocycles. The Morgan fingerprint density at radius 2 is 1.46 bits per heavy atom. The van der Waals surface area contributed by atoms with Crippen molar-refractivity contribution >= 4 is 39.1 Å². The summed E-state index contributed by atoms with van der Waals surface area (Å²) in [7, 11) is -3.80. The third-order valence-electron chi connectivity index (χ3n) is 6.28. The molecule has 3 rings (SSSR count). The van der Waals surface area contributed by atoms with Crippen molar-refractivity contribution in [2.75, 3.05) is 17.1 Å². The average Bonchev–Trinajstić information content (AvgIpc) is 2.90. The minimum Gasteiger partial charge on any atom is -0.352 e. The van der Waals surface area contributed by atoms with Gasteiger partial charge in [0.15, 0.2) is 0 Å². The second-order valence-corrected chi connectivity index (χ2v) is 12.1. The summed E-state index contributed by atoms with van der Waals surface area (Å²) in [5.41, 5.74) is 3.09. The molecule has 1 N–H and O–H groups in total. The van der Waals surface area contributed by atoms with Gasteiger partial charge in [-0.25, -0.2) is 8.42 Å². The van der Waals surface area contributed by atoms with Crippen LogP contribution < -0.4 is 9.62 Å². The zero-order valence-corrected chi connectivity index (χ0v) is 24.4. The van der Waals surface area contributed by atoms with Crippen molar-refractivity contribution in [3.8, 4) is 0 Å². The number of halogens is 1. The zero-order chi connectivity index (χ0) is 28.6. The van der Waals surface area contributed by atoms with Crippen LogP contribution in [-0.4, -0.2) is 50.0 Å². The number of hydrogen-bond acceptors (Lipinski definition) is 4. The van der Waals surface area contributed by atoms with Gasteiger partial charge in [-0.3, -0.25) is 13.9 Å². The number of anilines is 1. The van der Waals surface area contributed by atoms with Crippen molar-refractivity contribution in [3.63, 3.8) is 0 Å². The Balaban J connectivity index is 2.03. The third kappa shape index (κ3) is 8.83. The van der Waals surface area contributed by atoms with Crippen molar-refractivity contribution in [1.82, 2.24) is 10.2 Å². The zero-order valence-electron chi connectivity index (χ0n) is 22.8. The van der Waals surface area contributed by atoms with Crippen molar-refractivity contribution in [2.45, 2.75) is 52.2 Å². The molecule has 39 heavy (non-hydrogen) atoms. The number of hydrogen-bond donors (Lipinski definition) is 1. The summed E-state index contributed by atoms with van der Waals surface area (Å²) in [4.78, 5) is 29.0. The Morgan fingerprint density at radius 3 is 2.00 bits per heavy atom. The standard InChI is InChI=1S/C30H36ClN3O4S/c1-5-23-13-17-27(18-14-23)34(39(4,37)38)21-29(35)33(20-25-11-15-26(31)16-12-25)28(30(36)32-22(2)3)19-24-9-7-6-8-10-24/h6-18,22,28H,5,19-21H2,1-4H3,(H,32,36)/t28-/m0/s1. The smallest absolute Gasteiger partial charge is 0.244 e. The van der Waals surface area contributed by atoms with Crippen LogP contribution in [0.4, 0.5) is 5.69 Å². The largest absolute Gasteiger partial charge is 0.352 e. The van der Waals surface area contributed by atoms with E-state index >= 15 is 0 Å². The number of rotatable bonds is 12. The van der Waals surface area contributed by atoms with Crippen LogP contribution in [0.3, 0.4) is 0 Å². The maximum Gasteiger partial charge on any atom is 0.244 e. The Kier molecular flexibility index (Phi) is 10.5. The van der Waals surface area contributed by atoms with E-state index in [-0.39, 0.29) is 24.9 Å². The molecule has 7 nitrogen and oxygen atoms in total. The summed E-state index contributed by atoms with van der Waals surface area (Å²) in [5.74, 6) is -0.802. The van der Waals surface area contributed by atoms with Crippen LogP contribution in [0.25, 0.3) is 0 Å². The molecule has 0 aromatic heterocycles. The molecule has 0 heterocycles. The molecule has 3 aromatic rings. The number of benzene rings is 3. The number of nitrogens with zero attached hydrogens (tertiary/aromatic N) is 2. The van der Waals surface area contributed by atoms with Gasteiger partial charge in [-0.05, 0) is 61.2 Å². The number of aryl methyl sites for hydroxylation is 1. The highest BCUT2D eigenvalue weighted by molar-refractivity contribution is 7.92. The number of amides is 2. The van der Waals surface area contributed by atoms with Crippen molar-refractivity contribution < 1.29 is 18.0 Å². The van der Waals surface area contributed by atoms with Crippen molar-refractivity contribution in [2.24, 2.45) is 0 Å². The van der Waals surface area contributed by atoms with Crippen LogP contribution >= 0.6 is 11.6 Å². The molecule has 0 aliphatic heterocycles. The average molecular weight is 570 g/mol. The first-order valence-electron chi connectivity index (χ1n) is 12.9. The van der Waals surface area contributed by atoms with Gasteiger partial charge in [-0.2, -0.15) is 0 Å². The summed E-state index contributed by atoms with van der Waals surface area (Å²) in [5, 5.41) is 3.49. The summed E-state index contributed by atoms with van der Waals surface area (Å²) < 4.78 is 26.8. The lowest BCUT2D eigenvalue weighted by molar-refractivity contribution is -0.140. The number of nitrogens with one attached hydrogen (secondary N) is 1. The SMILES string of the molecule is CCc1ccc(N(CC(=O)N(Cc2ccc(Cl)cc2)[C@@H](Cc2ccccc2)C(=O)NC(C)C)S(C)(=O)=O)cc1. The van der Waals surface area contributed by atoms with Crippen LogP contribution in [0.15, 0.2) is 78.9 Å². The molecule has 0 aliphatic carbocycles. The van der Waals surface area contributed by atoms with Gasteiger partial charge in [0, 0.05) is 24.0 Å². The Bertz CT molecular complexity index is 1350. The van der Waals surface area contributed by atoms with E-state index in [0.29, 0.717) is 10.7 Å². The van der Waals surface area contributed by atoms with Gasteiger partial charge < -0.3 is 10.2 Å². The van der Waals surface area contributed by atoms with Crippen LogP contribution in [0.2, 0.25) is 5.02 Å². The van der Waals surface area contributed by atoms with Crippen LogP contribution in [0.1, 0.15) is 37.5 Å².